The second-order valence-electron chi connectivity index (χ2n) is 6.71. The van der Waals surface area contributed by atoms with E-state index in [1.807, 2.05) is 0 Å². The number of likely N-dealkylation sites (N-methyl/N-ethyl adjacent to an activating group) is 1. The number of amides is 1. The Labute approximate surface area is 193 Å². The van der Waals surface area contributed by atoms with Crippen molar-refractivity contribution in [3.63, 3.8) is 0 Å². The van der Waals surface area contributed by atoms with E-state index in [-0.39, 0.29) is 46.8 Å². The first-order valence-corrected chi connectivity index (χ1v) is 10.7. The van der Waals surface area contributed by atoms with Crippen molar-refractivity contribution in [2.75, 3.05) is 20.3 Å². The maximum absolute atomic E-state index is 12.7. The van der Waals surface area contributed by atoms with Gasteiger partial charge in [0.2, 0.25) is 0 Å². The van der Waals surface area contributed by atoms with Gasteiger partial charge in [0.05, 0.1) is 40.4 Å². The number of ether oxygens (including phenoxy) is 2. The predicted octanol–water partition coefficient (Wildman–Crippen LogP) is 4.11. The van der Waals surface area contributed by atoms with E-state index in [9.17, 15) is 24.8 Å². The van der Waals surface area contributed by atoms with Crippen molar-refractivity contribution in [1.29, 1.82) is 0 Å². The van der Waals surface area contributed by atoms with Crippen molar-refractivity contribution in [2.24, 2.45) is 4.99 Å². The van der Waals surface area contributed by atoms with Crippen LogP contribution in [0.2, 0.25) is 0 Å². The molecule has 1 heterocycles. The van der Waals surface area contributed by atoms with Gasteiger partial charge in [-0.2, -0.15) is 0 Å². The fraction of sp³-hybridized carbons (Fsp3) is 0.227. The Morgan fingerprint density at radius 2 is 1.94 bits per heavy atom. The fourth-order valence-corrected chi connectivity index (χ4v) is 3.86. The zero-order valence-corrected chi connectivity index (χ0v) is 18.9. The number of nitro groups is 1. The molecule has 2 aromatic carbocycles. The van der Waals surface area contributed by atoms with Crippen molar-refractivity contribution in [3.8, 4) is 11.5 Å². The third kappa shape index (κ3) is 5.32. The molecule has 3 rings (SSSR count). The number of benzene rings is 2. The normalized spacial score (nSPS) is 15.8. The Morgan fingerprint density at radius 3 is 2.55 bits per heavy atom. The largest absolute Gasteiger partial charge is 0.504 e. The minimum absolute atomic E-state index is 0.0436. The van der Waals surface area contributed by atoms with E-state index in [4.69, 9.17) is 9.47 Å². The number of amidine groups is 1. The number of carbonyl (C=O) groups excluding carboxylic acids is 2. The van der Waals surface area contributed by atoms with E-state index >= 15 is 0 Å². The first-order chi connectivity index (χ1) is 15.7. The summed E-state index contributed by atoms with van der Waals surface area (Å²) in [5.74, 6) is -1.16. The smallest absolute Gasteiger partial charge is 0.338 e. The fourth-order valence-electron chi connectivity index (χ4n) is 2.89. The number of esters is 1. The number of phenols is 1. The number of carbonyl (C=O) groups is 2. The Hall–Kier alpha value is -3.86. The van der Waals surface area contributed by atoms with Gasteiger partial charge < -0.3 is 14.6 Å². The Balaban J connectivity index is 1.91. The Morgan fingerprint density at radius 1 is 1.24 bits per heavy atom. The second-order valence-corrected chi connectivity index (χ2v) is 7.72. The molecule has 0 spiro atoms. The van der Waals surface area contributed by atoms with E-state index < -0.39 is 10.9 Å². The van der Waals surface area contributed by atoms with E-state index in [0.717, 1.165) is 17.8 Å². The van der Waals surface area contributed by atoms with Gasteiger partial charge in [-0.1, -0.05) is 0 Å². The molecule has 0 bridgehead atoms. The Kier molecular flexibility index (Phi) is 7.34. The van der Waals surface area contributed by atoms with Gasteiger partial charge >= 0.3 is 5.97 Å². The number of aliphatic imine (C=N–C) groups is 1. The summed E-state index contributed by atoms with van der Waals surface area (Å²) >= 11 is 1.05. The molecule has 33 heavy (non-hydrogen) atoms. The molecule has 11 heteroatoms. The molecule has 0 radical (unpaired) electrons. The number of rotatable bonds is 7. The summed E-state index contributed by atoms with van der Waals surface area (Å²) in [6.07, 6.45) is 1.36. The molecule has 0 atom stereocenters. The number of aromatic hydroxyl groups is 1. The zero-order chi connectivity index (χ0) is 24.1. The number of hydrogen-bond acceptors (Lipinski definition) is 9. The summed E-state index contributed by atoms with van der Waals surface area (Å²) in [5.41, 5.74) is 0.707. The lowest BCUT2D eigenvalue weighted by Crippen LogP contribution is -2.23. The summed E-state index contributed by atoms with van der Waals surface area (Å²) < 4.78 is 10.2. The lowest BCUT2D eigenvalue weighted by atomic mass is 10.1. The molecule has 2 aromatic rings. The molecule has 1 aliphatic rings. The van der Waals surface area contributed by atoms with Crippen molar-refractivity contribution in [1.82, 2.24) is 4.90 Å². The highest BCUT2D eigenvalue weighted by molar-refractivity contribution is 8.18. The molecule has 10 nitrogen and oxygen atoms in total. The maximum Gasteiger partial charge on any atom is 0.338 e. The van der Waals surface area contributed by atoms with E-state index in [1.54, 1.807) is 45.2 Å². The number of hydrogen-bond donors (Lipinski definition) is 1. The summed E-state index contributed by atoms with van der Waals surface area (Å²) in [7, 11) is 1.54. The lowest BCUT2D eigenvalue weighted by molar-refractivity contribution is -0.385. The SMILES string of the molecule is CCOC(=O)c1ccc(N=C2S/C(=C\c3cc([N+](=O)[O-])cc(OCC)c3O)C(=O)N2C)cc1. The van der Waals surface area contributed by atoms with Gasteiger partial charge in [-0.05, 0) is 56.0 Å². The zero-order valence-electron chi connectivity index (χ0n) is 18.1. The first kappa shape index (κ1) is 23.8. The highest BCUT2D eigenvalue weighted by Gasteiger charge is 2.31. The van der Waals surface area contributed by atoms with E-state index in [0.29, 0.717) is 16.4 Å². The lowest BCUT2D eigenvalue weighted by Gasteiger charge is -2.08. The summed E-state index contributed by atoms with van der Waals surface area (Å²) in [6, 6.07) is 8.70. The van der Waals surface area contributed by atoms with Crippen LogP contribution < -0.4 is 4.74 Å². The number of phenolic OH excluding ortho intramolecular Hbond substituents is 1. The highest BCUT2D eigenvalue weighted by Crippen LogP contribution is 2.39. The predicted molar refractivity (Wildman–Crippen MR) is 124 cm³/mol. The van der Waals surface area contributed by atoms with E-state index in [1.165, 1.54) is 17.0 Å². The van der Waals surface area contributed by atoms with Crippen molar-refractivity contribution < 1.29 is 29.1 Å². The molecule has 172 valence electrons. The molecule has 1 aliphatic heterocycles. The first-order valence-electron chi connectivity index (χ1n) is 9.92. The van der Waals surface area contributed by atoms with E-state index in [2.05, 4.69) is 4.99 Å². The third-order valence-corrected chi connectivity index (χ3v) is 5.55. The molecular formula is C22H21N3O7S. The van der Waals surface area contributed by atoms with Crippen LogP contribution in [0.15, 0.2) is 46.3 Å². The van der Waals surface area contributed by atoms with Crippen molar-refractivity contribution in [3.05, 3.63) is 62.5 Å². The van der Waals surface area contributed by atoms with Crippen LogP contribution in [0.25, 0.3) is 6.08 Å². The van der Waals surface area contributed by atoms with Crippen molar-refractivity contribution >= 4 is 46.3 Å². The van der Waals surface area contributed by atoms with Crippen LogP contribution in [0, 0.1) is 10.1 Å². The quantitative estimate of drug-likeness (QED) is 0.276. The van der Waals surface area contributed by atoms with Crippen molar-refractivity contribution in [2.45, 2.75) is 13.8 Å². The van der Waals surface area contributed by atoms with Crippen LogP contribution in [0.1, 0.15) is 29.8 Å². The van der Waals surface area contributed by atoms with Crippen LogP contribution in [0.5, 0.6) is 11.5 Å². The molecule has 1 N–H and O–H groups in total. The summed E-state index contributed by atoms with van der Waals surface area (Å²) in [5, 5.41) is 22.1. The van der Waals surface area contributed by atoms with Crippen LogP contribution in [-0.4, -0.2) is 52.2 Å². The Bertz CT molecular complexity index is 1160. The molecular weight excluding hydrogens is 450 g/mol. The summed E-state index contributed by atoms with van der Waals surface area (Å²) in [6.45, 7) is 3.88. The number of thioether (sulfide) groups is 1. The molecule has 1 saturated heterocycles. The molecule has 1 fully saturated rings. The van der Waals surface area contributed by atoms with Crippen LogP contribution in [0.3, 0.4) is 0 Å². The molecule has 1 amide bonds. The van der Waals surface area contributed by atoms with Gasteiger partial charge in [0.1, 0.15) is 0 Å². The van der Waals surface area contributed by atoms with Crippen LogP contribution in [-0.2, 0) is 9.53 Å². The summed E-state index contributed by atoms with van der Waals surface area (Å²) in [4.78, 5) is 41.1. The van der Waals surface area contributed by atoms with Gasteiger partial charge in [-0.25, -0.2) is 9.79 Å². The van der Waals surface area contributed by atoms with Crippen LogP contribution in [0.4, 0.5) is 11.4 Å². The number of nitro benzene ring substituents is 1. The standard InChI is InChI=1S/C22H21N3O7S/c1-4-31-17-12-16(25(29)30)10-14(19(17)26)11-18-20(27)24(3)22(33-18)23-15-8-6-13(7-9-15)21(28)32-5-2/h6-12,26H,4-5H2,1-3H3/b18-11-,23-22?. The van der Waals surface area contributed by atoms with Gasteiger partial charge in [0.25, 0.3) is 11.6 Å². The van der Waals surface area contributed by atoms with Gasteiger partial charge in [0.15, 0.2) is 16.7 Å². The number of non-ortho nitro benzene ring substituents is 1. The molecule has 0 aliphatic carbocycles. The molecule has 0 unspecified atom stereocenters. The minimum atomic E-state index is -0.605. The van der Waals surface area contributed by atoms with Gasteiger partial charge in [-0.15, -0.1) is 0 Å². The highest BCUT2D eigenvalue weighted by atomic mass is 32.2. The van der Waals surface area contributed by atoms with Gasteiger partial charge in [0, 0.05) is 18.7 Å². The number of nitrogens with zero attached hydrogens (tertiary/aromatic N) is 3. The second kappa shape index (κ2) is 10.2. The van der Waals surface area contributed by atoms with Crippen LogP contribution >= 0.6 is 11.8 Å². The maximum atomic E-state index is 12.7. The molecule has 0 aromatic heterocycles. The average Bonchev–Trinajstić information content (AvgIpc) is 3.04. The third-order valence-electron chi connectivity index (χ3n) is 4.49. The minimum Gasteiger partial charge on any atom is -0.504 e. The monoisotopic (exact) mass is 471 g/mol. The topological polar surface area (TPSA) is 132 Å². The average molecular weight is 471 g/mol. The van der Waals surface area contributed by atoms with Gasteiger partial charge in [-0.3, -0.25) is 19.8 Å². The molecule has 0 saturated carbocycles.